The lowest BCUT2D eigenvalue weighted by molar-refractivity contribution is 0.643. The highest BCUT2D eigenvalue weighted by Gasteiger charge is 2.27. The molecular formula is C47H48N2O. The van der Waals surface area contributed by atoms with Gasteiger partial charge in [0.05, 0.1) is 22.3 Å². The van der Waals surface area contributed by atoms with Crippen molar-refractivity contribution in [2.24, 2.45) is 0 Å². The number of hydrogen-bond acceptors (Lipinski definition) is 2. The molecule has 2 aromatic heterocycles. The molecule has 8 aromatic rings. The van der Waals surface area contributed by atoms with Gasteiger partial charge in [-0.2, -0.15) is 0 Å². The minimum absolute atomic E-state index is 0.305. The van der Waals surface area contributed by atoms with Crippen LogP contribution in [0.2, 0.25) is 0 Å². The van der Waals surface area contributed by atoms with Crippen LogP contribution < -0.4 is 0 Å². The number of para-hydroxylation sites is 2. The molecule has 0 saturated heterocycles. The molecule has 6 aromatic carbocycles. The lowest BCUT2D eigenvalue weighted by Gasteiger charge is -2.25. The highest BCUT2D eigenvalue weighted by molar-refractivity contribution is 6.18. The highest BCUT2D eigenvalue weighted by Crippen LogP contribution is 2.46. The summed E-state index contributed by atoms with van der Waals surface area (Å²) in [4.78, 5) is 5.42. The second kappa shape index (κ2) is 12.5. The lowest BCUT2D eigenvalue weighted by atomic mass is 9.87. The first-order valence-electron chi connectivity index (χ1n) is 19.0. The smallest absolute Gasteiger partial charge is 0.149 e. The largest absolute Gasteiger partial charge is 0.455 e. The Morgan fingerprint density at radius 2 is 1.34 bits per heavy atom. The fraction of sp³-hybridized carbons (Fsp3) is 0.298. The van der Waals surface area contributed by atoms with Gasteiger partial charge in [0, 0.05) is 12.1 Å². The summed E-state index contributed by atoms with van der Waals surface area (Å²) in [5, 5.41) is 6.85. The summed E-state index contributed by atoms with van der Waals surface area (Å²) in [5.41, 5.74) is 10.9. The molecule has 3 heteroatoms. The number of nitrogens with zero attached hydrogens (tertiary/aromatic N) is 2. The van der Waals surface area contributed by atoms with Gasteiger partial charge in [0.1, 0.15) is 17.0 Å². The minimum atomic E-state index is -0.756. The van der Waals surface area contributed by atoms with E-state index in [2.05, 4.69) is 157 Å². The van der Waals surface area contributed by atoms with Crippen LogP contribution >= 0.6 is 0 Å². The zero-order valence-electron chi connectivity index (χ0n) is 31.7. The van der Waals surface area contributed by atoms with Crippen LogP contribution in [0.4, 0.5) is 0 Å². The Kier molecular flexibility index (Phi) is 7.75. The van der Waals surface area contributed by atoms with E-state index in [1.807, 2.05) is 0 Å². The summed E-state index contributed by atoms with van der Waals surface area (Å²) >= 11 is 0. The molecule has 50 heavy (non-hydrogen) atoms. The van der Waals surface area contributed by atoms with E-state index in [4.69, 9.17) is 9.40 Å². The molecule has 0 bridgehead atoms. The van der Waals surface area contributed by atoms with E-state index in [-0.39, 0.29) is 0 Å². The van der Waals surface area contributed by atoms with E-state index in [0.717, 1.165) is 49.9 Å². The molecule has 0 N–H and O–H groups in total. The third-order valence-electron chi connectivity index (χ3n) is 10.8. The van der Waals surface area contributed by atoms with Crippen molar-refractivity contribution >= 4 is 54.5 Å². The average molecular weight is 658 g/mol. The third-order valence-corrected chi connectivity index (χ3v) is 10.8. The Morgan fingerprint density at radius 1 is 0.660 bits per heavy atom. The minimum Gasteiger partial charge on any atom is -0.455 e. The Labute approximate surface area is 297 Å². The molecule has 0 aliphatic carbocycles. The number of benzene rings is 6. The van der Waals surface area contributed by atoms with E-state index in [9.17, 15) is 1.37 Å². The standard InChI is InChI=1S/C47H48N2O/c1-9-30(10-2)35-21-22-36(46-44(35)40-23-32-20-19-31-15-11-12-16-34(31)39(32)26-43(40)50-46)47-48-41-17-13-14-18-42(41)49(47)45-37(28(5)6)24-33(27(3)4)25-38(45)29(7)8/h11-30H,9-10H2,1-8H3/i30D. The van der Waals surface area contributed by atoms with Crippen molar-refractivity contribution in [3.63, 3.8) is 0 Å². The van der Waals surface area contributed by atoms with Crippen LogP contribution in [0.15, 0.2) is 101 Å². The van der Waals surface area contributed by atoms with Crippen molar-refractivity contribution in [2.45, 2.75) is 91.9 Å². The van der Waals surface area contributed by atoms with E-state index < -0.39 is 5.89 Å². The second-order valence-corrected chi connectivity index (χ2v) is 14.9. The van der Waals surface area contributed by atoms with Gasteiger partial charge in [0.2, 0.25) is 0 Å². The number of furan rings is 1. The van der Waals surface area contributed by atoms with Crippen LogP contribution in [0.3, 0.4) is 0 Å². The molecule has 0 unspecified atom stereocenters. The maximum Gasteiger partial charge on any atom is 0.149 e. The molecule has 0 spiro atoms. The lowest BCUT2D eigenvalue weighted by Crippen LogP contribution is -2.10. The Bertz CT molecular complexity index is 2580. The number of fused-ring (bicyclic) bond motifs is 7. The van der Waals surface area contributed by atoms with Gasteiger partial charge in [-0.3, -0.25) is 4.57 Å². The van der Waals surface area contributed by atoms with Gasteiger partial charge in [-0.25, -0.2) is 4.98 Å². The highest BCUT2D eigenvalue weighted by atomic mass is 16.3. The van der Waals surface area contributed by atoms with E-state index >= 15 is 0 Å². The van der Waals surface area contributed by atoms with Crippen molar-refractivity contribution in [1.82, 2.24) is 9.55 Å². The predicted octanol–water partition coefficient (Wildman–Crippen LogP) is 14.2. The van der Waals surface area contributed by atoms with Crippen molar-refractivity contribution < 1.29 is 5.79 Å². The van der Waals surface area contributed by atoms with E-state index in [1.165, 1.54) is 43.9 Å². The van der Waals surface area contributed by atoms with Gasteiger partial charge in [0.15, 0.2) is 0 Å². The molecule has 2 heterocycles. The number of hydrogen-bond donors (Lipinski definition) is 0. The van der Waals surface area contributed by atoms with Gasteiger partial charge in [-0.1, -0.05) is 122 Å². The van der Waals surface area contributed by atoms with Crippen molar-refractivity contribution in [1.29, 1.82) is 0 Å². The molecule has 0 atom stereocenters. The SMILES string of the molecule is [2H]C(CC)(CC)c1ccc(-c2nc3ccccc3n2-c2c(C(C)C)cc(C(C)C)cc2C(C)C)c2oc3cc4c(ccc5ccccc54)cc3c12. The summed E-state index contributed by atoms with van der Waals surface area (Å²) in [5.74, 6) is 1.14. The summed E-state index contributed by atoms with van der Waals surface area (Å²) in [7, 11) is 0. The summed E-state index contributed by atoms with van der Waals surface area (Å²) < 4.78 is 19.2. The molecule has 8 rings (SSSR count). The summed E-state index contributed by atoms with van der Waals surface area (Å²) in [6.07, 6.45) is 1.41. The van der Waals surface area contributed by atoms with Crippen LogP contribution in [0, 0.1) is 0 Å². The van der Waals surface area contributed by atoms with Crippen molar-refractivity contribution in [3.05, 3.63) is 119 Å². The first kappa shape index (κ1) is 31.1. The van der Waals surface area contributed by atoms with Crippen molar-refractivity contribution in [2.75, 3.05) is 0 Å². The van der Waals surface area contributed by atoms with Gasteiger partial charge in [-0.15, -0.1) is 0 Å². The van der Waals surface area contributed by atoms with Crippen LogP contribution in [-0.2, 0) is 0 Å². The quantitative estimate of drug-likeness (QED) is 0.152. The molecule has 252 valence electrons. The fourth-order valence-electron chi connectivity index (χ4n) is 8.09. The monoisotopic (exact) mass is 657 g/mol. The second-order valence-electron chi connectivity index (χ2n) is 14.9. The number of aromatic nitrogens is 2. The zero-order chi connectivity index (χ0) is 35.8. The van der Waals surface area contributed by atoms with Crippen LogP contribution in [0.1, 0.15) is 116 Å². The number of rotatable bonds is 8. The zero-order valence-corrected chi connectivity index (χ0v) is 30.7. The summed E-state index contributed by atoms with van der Waals surface area (Å²) in [6.45, 7) is 18.0. The van der Waals surface area contributed by atoms with Gasteiger partial charge in [0.25, 0.3) is 0 Å². The van der Waals surface area contributed by atoms with E-state index in [0.29, 0.717) is 30.6 Å². The average Bonchev–Trinajstić information content (AvgIpc) is 3.71. The molecule has 0 amide bonds. The summed E-state index contributed by atoms with van der Waals surface area (Å²) in [6, 6.07) is 35.2. The van der Waals surface area contributed by atoms with Crippen molar-refractivity contribution in [3.8, 4) is 17.1 Å². The third kappa shape index (κ3) is 5.04. The van der Waals surface area contributed by atoms with E-state index in [1.54, 1.807) is 0 Å². The maximum atomic E-state index is 9.71. The molecule has 0 fully saturated rings. The van der Waals surface area contributed by atoms with Gasteiger partial charge >= 0.3 is 0 Å². The Morgan fingerprint density at radius 3 is 2.04 bits per heavy atom. The Hall–Kier alpha value is -4.89. The van der Waals surface area contributed by atoms with Crippen LogP contribution in [0.25, 0.3) is 71.6 Å². The Balaban J connectivity index is 1.53. The van der Waals surface area contributed by atoms with Gasteiger partial charge in [-0.05, 0) is 111 Å². The van der Waals surface area contributed by atoms with Crippen LogP contribution in [0.5, 0.6) is 0 Å². The predicted molar refractivity (Wildman–Crippen MR) is 214 cm³/mol. The molecule has 0 aliphatic heterocycles. The first-order chi connectivity index (χ1) is 24.5. The fourth-order valence-corrected chi connectivity index (χ4v) is 8.09. The molecule has 0 saturated carbocycles. The maximum absolute atomic E-state index is 9.71. The first-order valence-corrected chi connectivity index (χ1v) is 18.5. The normalized spacial score (nSPS) is 13.0. The van der Waals surface area contributed by atoms with Gasteiger partial charge < -0.3 is 4.42 Å². The molecule has 3 nitrogen and oxygen atoms in total. The number of imidazole rings is 1. The van der Waals surface area contributed by atoms with Crippen LogP contribution in [-0.4, -0.2) is 9.55 Å². The molecular weight excluding hydrogens is 609 g/mol. The molecule has 0 aliphatic rings. The topological polar surface area (TPSA) is 31.0 Å². The molecule has 0 radical (unpaired) electrons.